The van der Waals surface area contributed by atoms with Crippen molar-refractivity contribution in [1.82, 2.24) is 0 Å². The van der Waals surface area contributed by atoms with Crippen LogP contribution in [0.5, 0.6) is 0 Å². The number of Topliss-reactive ketones (excluding diaryl/α,β-unsaturated/α-hetero) is 1. The van der Waals surface area contributed by atoms with Crippen LogP contribution in [0, 0.1) is 5.92 Å². The lowest BCUT2D eigenvalue weighted by Crippen LogP contribution is -2.43. The van der Waals surface area contributed by atoms with E-state index in [1.807, 2.05) is 55.5 Å². The van der Waals surface area contributed by atoms with Gasteiger partial charge in [-0.05, 0) is 30.4 Å². The fourth-order valence-corrected chi connectivity index (χ4v) is 2.87. The topological polar surface area (TPSA) is 43.1 Å². The average molecular weight is 265 g/mol. The van der Waals surface area contributed by atoms with Gasteiger partial charge >= 0.3 is 0 Å². The molecule has 0 bridgehead atoms. The van der Waals surface area contributed by atoms with Gasteiger partial charge in [-0.15, -0.1) is 0 Å². The van der Waals surface area contributed by atoms with Gasteiger partial charge in [-0.3, -0.25) is 4.79 Å². The molecule has 2 heteroatoms. The Morgan fingerprint density at radius 3 is 2.20 bits per heavy atom. The zero-order valence-electron chi connectivity index (χ0n) is 11.6. The lowest BCUT2D eigenvalue weighted by molar-refractivity contribution is -0.125. The zero-order chi connectivity index (χ0) is 14.2. The molecular formula is C18H19NO. The normalized spacial score (nSPS) is 23.9. The van der Waals surface area contributed by atoms with E-state index in [-0.39, 0.29) is 11.7 Å². The number of ketones is 1. The van der Waals surface area contributed by atoms with Crippen molar-refractivity contribution < 1.29 is 4.79 Å². The summed E-state index contributed by atoms with van der Waals surface area (Å²) in [4.78, 5) is 12.7. The predicted molar refractivity (Wildman–Crippen MR) is 80.3 cm³/mol. The Bertz CT molecular complexity index is 604. The maximum Gasteiger partial charge on any atom is 0.160 e. The molecule has 1 aliphatic rings. The van der Waals surface area contributed by atoms with E-state index < -0.39 is 5.54 Å². The lowest BCUT2D eigenvalue weighted by atomic mass is 9.85. The van der Waals surface area contributed by atoms with Gasteiger partial charge < -0.3 is 5.73 Å². The summed E-state index contributed by atoms with van der Waals surface area (Å²) in [5.41, 5.74) is 7.56. The third-order valence-electron chi connectivity index (χ3n) is 4.24. The van der Waals surface area contributed by atoms with Crippen LogP contribution in [0.3, 0.4) is 0 Å². The SMILES string of the molecule is CC(N)(C(=O)C1CC1c1ccccc1)c1ccccc1. The first-order chi connectivity index (χ1) is 9.60. The summed E-state index contributed by atoms with van der Waals surface area (Å²) in [6.45, 7) is 1.82. The number of carbonyl (C=O) groups excluding carboxylic acids is 1. The smallest absolute Gasteiger partial charge is 0.160 e. The molecule has 1 fully saturated rings. The minimum atomic E-state index is -0.893. The Morgan fingerprint density at radius 1 is 1.05 bits per heavy atom. The second-order valence-corrected chi connectivity index (χ2v) is 5.79. The molecule has 3 atom stereocenters. The molecule has 2 N–H and O–H groups in total. The largest absolute Gasteiger partial charge is 0.315 e. The summed E-state index contributed by atoms with van der Waals surface area (Å²) < 4.78 is 0. The molecule has 0 radical (unpaired) electrons. The first kappa shape index (κ1) is 13.1. The van der Waals surface area contributed by atoms with E-state index in [1.54, 1.807) is 0 Å². The van der Waals surface area contributed by atoms with Gasteiger partial charge in [-0.25, -0.2) is 0 Å². The Kier molecular flexibility index (Phi) is 3.19. The van der Waals surface area contributed by atoms with Gasteiger partial charge in [0, 0.05) is 5.92 Å². The highest BCUT2D eigenvalue weighted by atomic mass is 16.1. The Balaban J connectivity index is 1.78. The summed E-state index contributed by atoms with van der Waals surface area (Å²) in [6.07, 6.45) is 0.919. The minimum absolute atomic E-state index is 0.0626. The fourth-order valence-electron chi connectivity index (χ4n) is 2.87. The van der Waals surface area contributed by atoms with Crippen molar-refractivity contribution in [2.24, 2.45) is 11.7 Å². The first-order valence-electron chi connectivity index (χ1n) is 7.04. The third-order valence-corrected chi connectivity index (χ3v) is 4.24. The van der Waals surface area contributed by atoms with Crippen molar-refractivity contribution in [3.63, 3.8) is 0 Å². The van der Waals surface area contributed by atoms with Crippen LogP contribution in [0.4, 0.5) is 0 Å². The van der Waals surface area contributed by atoms with Gasteiger partial charge in [0.05, 0.1) is 5.54 Å². The highest BCUT2D eigenvalue weighted by Gasteiger charge is 2.49. The summed E-state index contributed by atoms with van der Waals surface area (Å²) in [7, 11) is 0. The molecule has 0 aromatic heterocycles. The molecule has 2 aromatic carbocycles. The van der Waals surface area contributed by atoms with E-state index in [2.05, 4.69) is 12.1 Å². The van der Waals surface area contributed by atoms with Crippen LogP contribution in [0.15, 0.2) is 60.7 Å². The van der Waals surface area contributed by atoms with E-state index in [4.69, 9.17) is 5.73 Å². The average Bonchev–Trinajstić information content (AvgIpc) is 3.28. The highest BCUT2D eigenvalue weighted by molar-refractivity contribution is 5.93. The van der Waals surface area contributed by atoms with Crippen LogP contribution >= 0.6 is 0 Å². The molecule has 0 amide bonds. The van der Waals surface area contributed by atoms with Crippen molar-refractivity contribution in [2.45, 2.75) is 24.8 Å². The van der Waals surface area contributed by atoms with Crippen LogP contribution < -0.4 is 5.73 Å². The van der Waals surface area contributed by atoms with Gasteiger partial charge in [0.2, 0.25) is 0 Å². The molecule has 2 aromatic rings. The summed E-state index contributed by atoms with van der Waals surface area (Å²) in [5.74, 6) is 0.556. The number of hydrogen-bond acceptors (Lipinski definition) is 2. The molecule has 0 saturated heterocycles. The molecule has 1 saturated carbocycles. The molecule has 0 heterocycles. The number of rotatable bonds is 4. The van der Waals surface area contributed by atoms with Crippen molar-refractivity contribution in [2.75, 3.05) is 0 Å². The van der Waals surface area contributed by atoms with Crippen LogP contribution in [0.2, 0.25) is 0 Å². The number of benzene rings is 2. The molecule has 1 aliphatic carbocycles. The molecule has 102 valence electrons. The molecular weight excluding hydrogens is 246 g/mol. The summed E-state index contributed by atoms with van der Waals surface area (Å²) >= 11 is 0. The Morgan fingerprint density at radius 2 is 1.60 bits per heavy atom. The standard InChI is InChI=1S/C18H19NO/c1-18(19,14-10-6-3-7-11-14)17(20)16-12-15(16)13-8-4-2-5-9-13/h2-11,15-16H,12,19H2,1H3. The number of hydrogen-bond donors (Lipinski definition) is 1. The van der Waals surface area contributed by atoms with E-state index >= 15 is 0 Å². The maximum atomic E-state index is 12.7. The van der Waals surface area contributed by atoms with Crippen molar-refractivity contribution in [3.8, 4) is 0 Å². The van der Waals surface area contributed by atoms with Gasteiger partial charge in [0.15, 0.2) is 5.78 Å². The van der Waals surface area contributed by atoms with Crippen LogP contribution in [0.25, 0.3) is 0 Å². The molecule has 3 rings (SSSR count). The van der Waals surface area contributed by atoms with Crippen molar-refractivity contribution in [1.29, 1.82) is 0 Å². The third kappa shape index (κ3) is 2.27. The van der Waals surface area contributed by atoms with E-state index in [9.17, 15) is 4.79 Å². The maximum absolute atomic E-state index is 12.7. The zero-order valence-corrected chi connectivity index (χ0v) is 11.6. The van der Waals surface area contributed by atoms with E-state index in [1.165, 1.54) is 5.56 Å². The quantitative estimate of drug-likeness (QED) is 0.922. The van der Waals surface area contributed by atoms with E-state index in [0.29, 0.717) is 5.92 Å². The van der Waals surface area contributed by atoms with Gasteiger partial charge in [0.1, 0.15) is 0 Å². The molecule has 0 spiro atoms. The summed E-state index contributed by atoms with van der Waals surface area (Å²) in [6, 6.07) is 19.9. The number of nitrogens with two attached hydrogens (primary N) is 1. The second kappa shape index (κ2) is 4.88. The minimum Gasteiger partial charge on any atom is -0.315 e. The Hall–Kier alpha value is -1.93. The first-order valence-corrected chi connectivity index (χ1v) is 7.04. The van der Waals surface area contributed by atoms with Gasteiger partial charge in [-0.1, -0.05) is 60.7 Å². The molecule has 3 unspecified atom stereocenters. The van der Waals surface area contributed by atoms with E-state index in [0.717, 1.165) is 12.0 Å². The Labute approximate surface area is 119 Å². The molecule has 20 heavy (non-hydrogen) atoms. The molecule has 0 aliphatic heterocycles. The number of carbonyl (C=O) groups is 1. The van der Waals surface area contributed by atoms with Crippen molar-refractivity contribution in [3.05, 3.63) is 71.8 Å². The molecule has 2 nitrogen and oxygen atoms in total. The summed E-state index contributed by atoms with van der Waals surface area (Å²) in [5, 5.41) is 0. The highest BCUT2D eigenvalue weighted by Crippen LogP contribution is 2.50. The van der Waals surface area contributed by atoms with Crippen LogP contribution in [0.1, 0.15) is 30.4 Å². The predicted octanol–water partition coefficient (Wildman–Crippen LogP) is 3.23. The fraction of sp³-hybridized carbons (Fsp3) is 0.278. The van der Waals surface area contributed by atoms with Crippen LogP contribution in [-0.2, 0) is 10.3 Å². The van der Waals surface area contributed by atoms with Crippen molar-refractivity contribution >= 4 is 5.78 Å². The monoisotopic (exact) mass is 265 g/mol. The van der Waals surface area contributed by atoms with Gasteiger partial charge in [0.25, 0.3) is 0 Å². The lowest BCUT2D eigenvalue weighted by Gasteiger charge is -2.24. The van der Waals surface area contributed by atoms with Gasteiger partial charge in [-0.2, -0.15) is 0 Å². The van der Waals surface area contributed by atoms with Crippen LogP contribution in [-0.4, -0.2) is 5.78 Å². The second-order valence-electron chi connectivity index (χ2n) is 5.79.